The summed E-state index contributed by atoms with van der Waals surface area (Å²) in [6.07, 6.45) is 2.78. The molecule has 1 aromatic heterocycles. The fourth-order valence-electron chi connectivity index (χ4n) is 1.05. The monoisotopic (exact) mass is 251 g/mol. The van der Waals surface area contributed by atoms with E-state index < -0.39 is 9.84 Å². The second-order valence-corrected chi connectivity index (χ2v) is 6.01. The van der Waals surface area contributed by atoms with Crippen molar-refractivity contribution in [2.24, 2.45) is 7.05 Å². The van der Waals surface area contributed by atoms with Crippen LogP contribution in [0.25, 0.3) is 0 Å². The Kier molecular flexibility index (Phi) is 4.12. The number of halogens is 1. The number of rotatable bonds is 5. The summed E-state index contributed by atoms with van der Waals surface area (Å²) in [6, 6.07) is 0. The van der Waals surface area contributed by atoms with Gasteiger partial charge in [-0.25, -0.2) is 13.4 Å². The Bertz CT molecular complexity index is 427. The van der Waals surface area contributed by atoms with Crippen LogP contribution in [0.4, 0.5) is 0 Å². The predicted molar refractivity (Wildman–Crippen MR) is 59.6 cm³/mol. The van der Waals surface area contributed by atoms with E-state index in [0.29, 0.717) is 18.2 Å². The van der Waals surface area contributed by atoms with Crippen LogP contribution in [-0.4, -0.2) is 36.5 Å². The van der Waals surface area contributed by atoms with Gasteiger partial charge < -0.3 is 9.88 Å². The van der Waals surface area contributed by atoms with Crippen molar-refractivity contribution in [3.63, 3.8) is 0 Å². The first-order valence-corrected chi connectivity index (χ1v) is 6.88. The molecule has 1 N–H and O–H groups in total. The fourth-order valence-corrected chi connectivity index (χ4v) is 1.71. The van der Waals surface area contributed by atoms with Crippen LogP contribution in [0.2, 0.25) is 5.15 Å². The molecular formula is C8H14ClN3O2S. The standard InChI is InChI=1S/C8H14ClN3O2S/c1-12-7(9)5-11-8(12)6-10-3-4-15(2,13)14/h5,10H,3-4,6H2,1-2H3. The van der Waals surface area contributed by atoms with Crippen molar-refractivity contribution in [3.05, 3.63) is 17.2 Å². The van der Waals surface area contributed by atoms with Gasteiger partial charge >= 0.3 is 0 Å². The molecule has 0 unspecified atom stereocenters. The SMILES string of the molecule is Cn1c(Cl)cnc1CNCCS(C)(=O)=O. The lowest BCUT2D eigenvalue weighted by atomic mass is 10.5. The highest BCUT2D eigenvalue weighted by atomic mass is 35.5. The van der Waals surface area contributed by atoms with E-state index in [1.54, 1.807) is 10.8 Å². The van der Waals surface area contributed by atoms with Crippen LogP contribution in [-0.2, 0) is 23.4 Å². The van der Waals surface area contributed by atoms with Gasteiger partial charge in [0.05, 0.1) is 18.5 Å². The van der Waals surface area contributed by atoms with Crippen LogP contribution in [0, 0.1) is 0 Å². The van der Waals surface area contributed by atoms with Gasteiger partial charge in [-0.1, -0.05) is 11.6 Å². The zero-order chi connectivity index (χ0) is 11.5. The Morgan fingerprint density at radius 3 is 2.73 bits per heavy atom. The summed E-state index contributed by atoms with van der Waals surface area (Å²) in [5.41, 5.74) is 0. The first kappa shape index (κ1) is 12.5. The minimum atomic E-state index is -2.90. The molecule has 0 radical (unpaired) electrons. The van der Waals surface area contributed by atoms with Crippen LogP contribution in [0.5, 0.6) is 0 Å². The first-order valence-electron chi connectivity index (χ1n) is 4.44. The first-order chi connectivity index (χ1) is 6.90. The topological polar surface area (TPSA) is 64.0 Å². The molecule has 7 heteroatoms. The molecule has 0 saturated heterocycles. The normalized spacial score (nSPS) is 11.9. The number of hydrogen-bond acceptors (Lipinski definition) is 4. The van der Waals surface area contributed by atoms with Gasteiger partial charge in [0, 0.05) is 19.8 Å². The van der Waals surface area contributed by atoms with E-state index in [2.05, 4.69) is 10.3 Å². The highest BCUT2D eigenvalue weighted by Crippen LogP contribution is 2.08. The van der Waals surface area contributed by atoms with E-state index in [1.165, 1.54) is 6.26 Å². The maximum Gasteiger partial charge on any atom is 0.148 e. The molecule has 0 fully saturated rings. The largest absolute Gasteiger partial charge is 0.321 e. The predicted octanol–water partition coefficient (Wildman–Crippen LogP) is 0.208. The third-order valence-corrected chi connectivity index (χ3v) is 3.26. The van der Waals surface area contributed by atoms with E-state index >= 15 is 0 Å². The van der Waals surface area contributed by atoms with Gasteiger partial charge in [-0.15, -0.1) is 0 Å². The number of aromatic nitrogens is 2. The molecule has 0 spiro atoms. The lowest BCUT2D eigenvalue weighted by Gasteiger charge is -2.04. The fraction of sp³-hybridized carbons (Fsp3) is 0.625. The zero-order valence-electron chi connectivity index (χ0n) is 8.70. The Balaban J connectivity index is 2.36. The van der Waals surface area contributed by atoms with Gasteiger partial charge in [-0.3, -0.25) is 0 Å². The molecular weight excluding hydrogens is 238 g/mol. The third-order valence-electron chi connectivity index (χ3n) is 1.96. The van der Waals surface area contributed by atoms with Gasteiger partial charge in [0.1, 0.15) is 20.8 Å². The molecule has 1 aromatic rings. The number of hydrogen-bond donors (Lipinski definition) is 1. The molecule has 0 amide bonds. The Morgan fingerprint density at radius 1 is 1.60 bits per heavy atom. The van der Waals surface area contributed by atoms with Crippen LogP contribution in [0.1, 0.15) is 5.82 Å². The summed E-state index contributed by atoms with van der Waals surface area (Å²) in [6.45, 7) is 0.933. The van der Waals surface area contributed by atoms with E-state index in [-0.39, 0.29) is 5.75 Å². The van der Waals surface area contributed by atoms with Crippen molar-refractivity contribution in [2.75, 3.05) is 18.6 Å². The van der Waals surface area contributed by atoms with Crippen LogP contribution < -0.4 is 5.32 Å². The van der Waals surface area contributed by atoms with E-state index in [9.17, 15) is 8.42 Å². The number of sulfone groups is 1. The molecule has 0 saturated carbocycles. The summed E-state index contributed by atoms with van der Waals surface area (Å²) in [5, 5.41) is 3.56. The number of imidazole rings is 1. The maximum atomic E-state index is 10.8. The van der Waals surface area contributed by atoms with E-state index in [0.717, 1.165) is 5.82 Å². The summed E-state index contributed by atoms with van der Waals surface area (Å²) in [7, 11) is -1.09. The highest BCUT2D eigenvalue weighted by Gasteiger charge is 2.05. The molecule has 0 aliphatic heterocycles. The maximum absolute atomic E-state index is 10.8. The van der Waals surface area contributed by atoms with Crippen LogP contribution >= 0.6 is 11.6 Å². The molecule has 5 nitrogen and oxygen atoms in total. The van der Waals surface area contributed by atoms with Gasteiger partial charge in [0.15, 0.2) is 0 Å². The van der Waals surface area contributed by atoms with E-state index in [1.807, 2.05) is 7.05 Å². The smallest absolute Gasteiger partial charge is 0.148 e. The molecule has 0 aliphatic rings. The van der Waals surface area contributed by atoms with Crippen molar-refractivity contribution in [1.82, 2.24) is 14.9 Å². The second kappa shape index (κ2) is 4.96. The van der Waals surface area contributed by atoms with Gasteiger partial charge in [-0.05, 0) is 0 Å². The second-order valence-electron chi connectivity index (χ2n) is 3.36. The molecule has 86 valence electrons. The average molecular weight is 252 g/mol. The Labute approximate surface area is 94.4 Å². The van der Waals surface area contributed by atoms with Crippen molar-refractivity contribution in [1.29, 1.82) is 0 Å². The van der Waals surface area contributed by atoms with Gasteiger partial charge in [-0.2, -0.15) is 0 Å². The highest BCUT2D eigenvalue weighted by molar-refractivity contribution is 7.90. The van der Waals surface area contributed by atoms with Gasteiger partial charge in [0.2, 0.25) is 0 Å². The summed E-state index contributed by atoms with van der Waals surface area (Å²) < 4.78 is 23.4. The van der Waals surface area contributed by atoms with E-state index in [4.69, 9.17) is 11.6 Å². The van der Waals surface area contributed by atoms with Gasteiger partial charge in [0.25, 0.3) is 0 Å². The third kappa shape index (κ3) is 4.19. The molecule has 0 aliphatic carbocycles. The minimum Gasteiger partial charge on any atom is -0.321 e. The number of nitrogens with zero attached hydrogens (tertiary/aromatic N) is 2. The molecule has 0 bridgehead atoms. The quantitative estimate of drug-likeness (QED) is 0.760. The summed E-state index contributed by atoms with van der Waals surface area (Å²) in [5.74, 6) is 0.916. The van der Waals surface area contributed by atoms with Crippen molar-refractivity contribution in [3.8, 4) is 0 Å². The minimum absolute atomic E-state index is 0.130. The summed E-state index contributed by atoms with van der Waals surface area (Å²) in [4.78, 5) is 4.07. The molecule has 0 atom stereocenters. The average Bonchev–Trinajstić information content (AvgIpc) is 2.42. The van der Waals surface area contributed by atoms with Crippen LogP contribution in [0.3, 0.4) is 0 Å². The number of nitrogens with one attached hydrogen (secondary N) is 1. The Hall–Kier alpha value is -0.590. The summed E-state index contributed by atoms with van der Waals surface area (Å²) >= 11 is 5.79. The molecule has 1 rings (SSSR count). The lowest BCUT2D eigenvalue weighted by molar-refractivity contribution is 0.593. The van der Waals surface area contributed by atoms with Crippen molar-refractivity contribution >= 4 is 21.4 Å². The Morgan fingerprint density at radius 2 is 2.27 bits per heavy atom. The molecule has 1 heterocycles. The molecule has 15 heavy (non-hydrogen) atoms. The lowest BCUT2D eigenvalue weighted by Crippen LogP contribution is -2.23. The molecule has 0 aromatic carbocycles. The van der Waals surface area contributed by atoms with Crippen molar-refractivity contribution in [2.45, 2.75) is 6.54 Å². The van der Waals surface area contributed by atoms with Crippen molar-refractivity contribution < 1.29 is 8.42 Å². The zero-order valence-corrected chi connectivity index (χ0v) is 10.3. The van der Waals surface area contributed by atoms with Crippen LogP contribution in [0.15, 0.2) is 6.20 Å².